The van der Waals surface area contributed by atoms with E-state index in [1.54, 1.807) is 0 Å². The monoisotopic (exact) mass is 286 g/mol. The van der Waals surface area contributed by atoms with Gasteiger partial charge in [-0.05, 0) is 25.7 Å². The van der Waals surface area contributed by atoms with Crippen LogP contribution in [0.5, 0.6) is 0 Å². The van der Waals surface area contributed by atoms with Gasteiger partial charge in [-0.15, -0.1) is 0 Å². The molecule has 0 bridgehead atoms. The molecule has 0 radical (unpaired) electrons. The smallest absolute Gasteiger partial charge is 0.240 e. The predicted octanol–water partition coefficient (Wildman–Crippen LogP) is 0.000180. The summed E-state index contributed by atoms with van der Waals surface area (Å²) in [5.74, 6) is -0.162. The summed E-state index contributed by atoms with van der Waals surface area (Å²) < 4.78 is 28.5. The van der Waals surface area contributed by atoms with Gasteiger partial charge in [0.1, 0.15) is 5.41 Å². The maximum absolute atomic E-state index is 12.1. The van der Waals surface area contributed by atoms with E-state index in [4.69, 9.17) is 4.74 Å². The van der Waals surface area contributed by atoms with Crippen molar-refractivity contribution in [1.82, 2.24) is 5.32 Å². The lowest BCUT2D eigenvalue weighted by molar-refractivity contribution is -0.132. The number of amides is 1. The number of hydrogen-bond donors (Lipinski definition) is 1. The minimum atomic E-state index is -3.06. The van der Waals surface area contributed by atoms with Gasteiger partial charge in [0.15, 0.2) is 9.84 Å². The van der Waals surface area contributed by atoms with Crippen molar-refractivity contribution in [2.24, 2.45) is 5.41 Å². The Labute approximate surface area is 113 Å². The normalized spacial score (nSPS) is 28.5. The molecule has 0 aliphatic carbocycles. The molecule has 1 amide bonds. The maximum atomic E-state index is 12.1. The van der Waals surface area contributed by atoms with Crippen molar-refractivity contribution < 1.29 is 17.9 Å². The number of hydrogen-bond acceptors (Lipinski definition) is 5. The van der Waals surface area contributed by atoms with E-state index in [1.165, 1.54) is 0 Å². The Hall–Kier alpha value is -1.13. The quantitative estimate of drug-likeness (QED) is 0.787. The van der Waals surface area contributed by atoms with Gasteiger partial charge in [-0.3, -0.25) is 4.79 Å². The topological polar surface area (TPSA) is 96.3 Å². The first-order valence-electron chi connectivity index (χ1n) is 6.49. The Balaban J connectivity index is 1.95. The third-order valence-corrected chi connectivity index (χ3v) is 6.22. The lowest BCUT2D eigenvalue weighted by atomic mass is 9.81. The van der Waals surface area contributed by atoms with Crippen molar-refractivity contribution in [1.29, 1.82) is 5.26 Å². The fraction of sp³-hybridized carbons (Fsp3) is 0.833. The van der Waals surface area contributed by atoms with Crippen LogP contribution >= 0.6 is 0 Å². The third-order valence-electron chi connectivity index (χ3n) is 3.95. The molecule has 0 aromatic rings. The van der Waals surface area contributed by atoms with E-state index >= 15 is 0 Å². The van der Waals surface area contributed by atoms with E-state index in [0.717, 1.165) is 0 Å². The molecule has 2 saturated heterocycles. The van der Waals surface area contributed by atoms with Crippen molar-refractivity contribution >= 4 is 15.7 Å². The van der Waals surface area contributed by atoms with Gasteiger partial charge in [-0.2, -0.15) is 5.26 Å². The zero-order valence-electron chi connectivity index (χ0n) is 10.7. The summed E-state index contributed by atoms with van der Waals surface area (Å²) in [6, 6.07) is 2.07. The van der Waals surface area contributed by atoms with Gasteiger partial charge in [0.2, 0.25) is 5.91 Å². The van der Waals surface area contributed by atoms with Crippen molar-refractivity contribution in [3.05, 3.63) is 0 Å². The number of ether oxygens (including phenoxy) is 1. The molecule has 0 saturated carbocycles. The number of sulfone groups is 1. The molecule has 1 N–H and O–H groups in total. The fourth-order valence-electron chi connectivity index (χ4n) is 2.57. The average Bonchev–Trinajstić information content (AvgIpc) is 2.75. The van der Waals surface area contributed by atoms with Crippen LogP contribution in [0.3, 0.4) is 0 Å². The largest absolute Gasteiger partial charge is 0.381 e. The molecule has 19 heavy (non-hydrogen) atoms. The van der Waals surface area contributed by atoms with Gasteiger partial charge in [-0.1, -0.05) is 0 Å². The van der Waals surface area contributed by atoms with Gasteiger partial charge in [-0.25, -0.2) is 8.42 Å². The molecule has 7 heteroatoms. The number of nitrogens with one attached hydrogen (secondary N) is 1. The Bertz CT molecular complexity index is 488. The van der Waals surface area contributed by atoms with E-state index < -0.39 is 20.5 Å². The van der Waals surface area contributed by atoms with E-state index in [9.17, 15) is 18.5 Å². The molecule has 1 unspecified atom stereocenters. The zero-order chi connectivity index (χ0) is 13.9. The third kappa shape index (κ3) is 2.90. The van der Waals surface area contributed by atoms with Crippen LogP contribution in [0.15, 0.2) is 0 Å². The van der Waals surface area contributed by atoms with Crippen molar-refractivity contribution in [2.75, 3.05) is 25.5 Å². The highest BCUT2D eigenvalue weighted by molar-refractivity contribution is 7.92. The van der Waals surface area contributed by atoms with Crippen molar-refractivity contribution in [3.8, 4) is 6.07 Å². The zero-order valence-corrected chi connectivity index (χ0v) is 11.5. The molecule has 106 valence electrons. The van der Waals surface area contributed by atoms with Crippen LogP contribution in [0.1, 0.15) is 25.7 Å². The Morgan fingerprint density at radius 1 is 1.42 bits per heavy atom. The molecule has 0 aromatic heterocycles. The summed E-state index contributed by atoms with van der Waals surface area (Å²) in [4.78, 5) is 12.1. The Morgan fingerprint density at radius 2 is 2.11 bits per heavy atom. The summed E-state index contributed by atoms with van der Waals surface area (Å²) in [5, 5.41) is 11.4. The van der Waals surface area contributed by atoms with Gasteiger partial charge >= 0.3 is 0 Å². The first-order valence-corrected chi connectivity index (χ1v) is 8.21. The van der Waals surface area contributed by atoms with E-state index in [2.05, 4.69) is 11.4 Å². The number of carbonyl (C=O) groups excluding carboxylic acids is 1. The van der Waals surface area contributed by atoms with Gasteiger partial charge in [0, 0.05) is 19.8 Å². The molecule has 2 rings (SSSR count). The molecule has 6 nitrogen and oxygen atoms in total. The van der Waals surface area contributed by atoms with Gasteiger partial charge in [0.05, 0.1) is 17.1 Å². The van der Waals surface area contributed by atoms with Crippen LogP contribution in [0.25, 0.3) is 0 Å². The van der Waals surface area contributed by atoms with E-state index in [0.29, 0.717) is 38.9 Å². The number of carbonyl (C=O) groups is 1. The summed E-state index contributed by atoms with van der Waals surface area (Å²) >= 11 is 0. The van der Waals surface area contributed by atoms with E-state index in [-0.39, 0.29) is 18.2 Å². The highest BCUT2D eigenvalue weighted by Crippen LogP contribution is 2.30. The molecular weight excluding hydrogens is 268 g/mol. The number of rotatable bonds is 3. The van der Waals surface area contributed by atoms with Crippen LogP contribution in [0.2, 0.25) is 0 Å². The lowest BCUT2D eigenvalue weighted by Gasteiger charge is -2.29. The second-order valence-electron chi connectivity index (χ2n) is 5.15. The van der Waals surface area contributed by atoms with Crippen LogP contribution in [-0.2, 0) is 19.4 Å². The molecular formula is C12H18N2O4S. The fourth-order valence-corrected chi connectivity index (χ4v) is 4.34. The standard InChI is InChI=1S/C12H18N2O4S/c13-9-12(3-5-18-6-4-12)11(15)14-8-10-2-1-7-19(10,16)17/h10H,1-8H2,(H,14,15). The summed E-state index contributed by atoms with van der Waals surface area (Å²) in [6.45, 7) is 0.900. The number of nitrogens with zero attached hydrogens (tertiary/aromatic N) is 1. The molecule has 2 aliphatic rings. The summed E-state index contributed by atoms with van der Waals surface area (Å²) in [6.07, 6.45) is 1.98. The highest BCUT2D eigenvalue weighted by Gasteiger charge is 2.41. The minimum absolute atomic E-state index is 0.117. The van der Waals surface area contributed by atoms with Crippen LogP contribution in [0, 0.1) is 16.7 Å². The molecule has 2 heterocycles. The Kier molecular flexibility index (Phi) is 4.11. The van der Waals surface area contributed by atoms with Gasteiger partial charge in [0.25, 0.3) is 0 Å². The van der Waals surface area contributed by atoms with E-state index in [1.807, 2.05) is 0 Å². The molecule has 2 fully saturated rings. The SMILES string of the molecule is N#CC1(C(=O)NCC2CCCS2(=O)=O)CCOCC1. The molecule has 0 aromatic carbocycles. The van der Waals surface area contributed by atoms with Crippen LogP contribution in [-0.4, -0.2) is 45.1 Å². The average molecular weight is 286 g/mol. The molecule has 1 atom stereocenters. The van der Waals surface area contributed by atoms with Gasteiger partial charge < -0.3 is 10.1 Å². The Morgan fingerprint density at radius 3 is 2.63 bits per heavy atom. The van der Waals surface area contributed by atoms with Crippen LogP contribution in [0.4, 0.5) is 0 Å². The van der Waals surface area contributed by atoms with Crippen molar-refractivity contribution in [3.63, 3.8) is 0 Å². The first kappa shape index (κ1) is 14.3. The number of nitriles is 1. The first-order chi connectivity index (χ1) is 9.00. The highest BCUT2D eigenvalue weighted by atomic mass is 32.2. The summed E-state index contributed by atoms with van der Waals surface area (Å²) in [7, 11) is -3.06. The molecule has 2 aliphatic heterocycles. The lowest BCUT2D eigenvalue weighted by Crippen LogP contribution is -2.46. The van der Waals surface area contributed by atoms with Crippen molar-refractivity contribution in [2.45, 2.75) is 30.9 Å². The van der Waals surface area contributed by atoms with Crippen LogP contribution < -0.4 is 5.32 Å². The maximum Gasteiger partial charge on any atom is 0.240 e. The second kappa shape index (κ2) is 5.47. The molecule has 0 spiro atoms. The second-order valence-corrected chi connectivity index (χ2v) is 7.55. The minimum Gasteiger partial charge on any atom is -0.381 e. The summed E-state index contributed by atoms with van der Waals surface area (Å²) in [5.41, 5.74) is -1.05. The predicted molar refractivity (Wildman–Crippen MR) is 67.9 cm³/mol.